The van der Waals surface area contributed by atoms with Crippen molar-refractivity contribution in [1.82, 2.24) is 9.78 Å². The van der Waals surface area contributed by atoms with E-state index in [4.69, 9.17) is 5.10 Å². The molecule has 0 bridgehead atoms. The largest absolute Gasteiger partial charge is 0.416 e. The van der Waals surface area contributed by atoms with Gasteiger partial charge in [-0.1, -0.05) is 19.9 Å². The molecule has 4 rings (SSSR count). The first kappa shape index (κ1) is 25.2. The van der Waals surface area contributed by atoms with E-state index in [1.165, 1.54) is 12.1 Å². The smallest absolute Gasteiger partial charge is 0.386 e. The second kappa shape index (κ2) is 9.30. The monoisotopic (exact) mass is 487 g/mol. The molecule has 2 aromatic carbocycles. The zero-order valence-corrected chi connectivity index (χ0v) is 20.5. The maximum atomic E-state index is 13.1. The quantitative estimate of drug-likeness (QED) is 0.410. The number of nitrogens with zero attached hydrogens (tertiary/aromatic N) is 2. The molecule has 188 valence electrons. The molecule has 1 amide bonds. The minimum Gasteiger partial charge on any atom is -0.386 e. The van der Waals surface area contributed by atoms with Crippen LogP contribution in [0.15, 0.2) is 42.6 Å². The second-order valence-electron chi connectivity index (χ2n) is 10.5. The number of benzene rings is 2. The lowest BCUT2D eigenvalue weighted by atomic mass is 9.80. The number of anilines is 1. The van der Waals surface area contributed by atoms with Crippen molar-refractivity contribution < 1.29 is 23.1 Å². The minimum absolute atomic E-state index is 0.112. The van der Waals surface area contributed by atoms with Gasteiger partial charge in [-0.3, -0.25) is 9.48 Å². The Balaban J connectivity index is 1.64. The van der Waals surface area contributed by atoms with Crippen molar-refractivity contribution in [3.05, 3.63) is 59.3 Å². The Labute approximate surface area is 203 Å². The fourth-order valence-electron chi connectivity index (χ4n) is 4.95. The highest BCUT2D eigenvalue weighted by Gasteiger charge is 2.31. The number of amides is 1. The molecule has 0 aliphatic heterocycles. The lowest BCUT2D eigenvalue weighted by Crippen LogP contribution is -2.21. The van der Waals surface area contributed by atoms with Gasteiger partial charge in [0.2, 0.25) is 0 Å². The zero-order chi connectivity index (χ0) is 25.5. The van der Waals surface area contributed by atoms with Crippen LogP contribution >= 0.6 is 0 Å². The zero-order valence-electron chi connectivity index (χ0n) is 20.5. The Morgan fingerprint density at radius 1 is 1.11 bits per heavy atom. The molecule has 3 aromatic rings. The van der Waals surface area contributed by atoms with Crippen LogP contribution < -0.4 is 5.32 Å². The Kier molecular flexibility index (Phi) is 6.70. The molecular formula is C27H32F3N3O2. The first-order valence-electron chi connectivity index (χ1n) is 12.1. The van der Waals surface area contributed by atoms with Gasteiger partial charge in [0, 0.05) is 28.4 Å². The van der Waals surface area contributed by atoms with Gasteiger partial charge in [-0.15, -0.1) is 0 Å². The lowest BCUT2D eigenvalue weighted by molar-refractivity contribution is -0.137. The number of alkyl halides is 3. The van der Waals surface area contributed by atoms with Gasteiger partial charge >= 0.3 is 6.18 Å². The number of aliphatic hydroxyl groups is 1. The summed E-state index contributed by atoms with van der Waals surface area (Å²) in [6, 6.07) is 8.06. The fraction of sp³-hybridized carbons (Fsp3) is 0.481. The molecule has 5 nitrogen and oxygen atoms in total. The van der Waals surface area contributed by atoms with E-state index in [0.717, 1.165) is 49.1 Å². The van der Waals surface area contributed by atoms with E-state index >= 15 is 0 Å². The molecule has 0 radical (unpaired) electrons. The molecule has 1 heterocycles. The van der Waals surface area contributed by atoms with E-state index in [0.29, 0.717) is 28.7 Å². The summed E-state index contributed by atoms with van der Waals surface area (Å²) in [7, 11) is 0. The third kappa shape index (κ3) is 5.53. The summed E-state index contributed by atoms with van der Waals surface area (Å²) in [6.07, 6.45) is 1.82. The number of halogens is 3. The van der Waals surface area contributed by atoms with E-state index in [1.54, 1.807) is 26.0 Å². The summed E-state index contributed by atoms with van der Waals surface area (Å²) in [5.74, 6) is 0.723. The SMILES string of the molecule is CC(C)C1CCC(n2cc3cc(NC(=O)c4cccc(C(F)(F)F)c4)c(C(C)(C)O)cc3n2)CC1. The van der Waals surface area contributed by atoms with Crippen molar-refractivity contribution >= 4 is 22.5 Å². The molecule has 1 fully saturated rings. The second-order valence-corrected chi connectivity index (χ2v) is 10.5. The summed E-state index contributed by atoms with van der Waals surface area (Å²) < 4.78 is 41.3. The summed E-state index contributed by atoms with van der Waals surface area (Å²) in [5.41, 5.74) is -0.820. The van der Waals surface area contributed by atoms with Crippen molar-refractivity contribution in [3.63, 3.8) is 0 Å². The average Bonchev–Trinajstić information content (AvgIpc) is 3.20. The maximum absolute atomic E-state index is 13.1. The first-order chi connectivity index (χ1) is 16.3. The first-order valence-corrected chi connectivity index (χ1v) is 12.1. The highest BCUT2D eigenvalue weighted by Crippen LogP contribution is 2.38. The number of hydrogen-bond donors (Lipinski definition) is 2. The van der Waals surface area contributed by atoms with Crippen molar-refractivity contribution in [1.29, 1.82) is 0 Å². The van der Waals surface area contributed by atoms with Gasteiger partial charge in [0.1, 0.15) is 0 Å². The molecule has 35 heavy (non-hydrogen) atoms. The van der Waals surface area contributed by atoms with Gasteiger partial charge in [0.15, 0.2) is 0 Å². The van der Waals surface area contributed by atoms with Crippen LogP contribution in [-0.4, -0.2) is 20.8 Å². The van der Waals surface area contributed by atoms with Crippen LogP contribution in [0.4, 0.5) is 18.9 Å². The number of aromatic nitrogens is 2. The maximum Gasteiger partial charge on any atom is 0.416 e. The number of carbonyl (C=O) groups excluding carboxylic acids is 1. The van der Waals surface area contributed by atoms with E-state index in [2.05, 4.69) is 19.2 Å². The van der Waals surface area contributed by atoms with E-state index < -0.39 is 23.2 Å². The highest BCUT2D eigenvalue weighted by molar-refractivity contribution is 6.05. The Hall–Kier alpha value is -2.87. The molecule has 0 unspecified atom stereocenters. The molecular weight excluding hydrogens is 455 g/mol. The number of nitrogens with one attached hydrogen (secondary N) is 1. The minimum atomic E-state index is -4.55. The topological polar surface area (TPSA) is 67.2 Å². The lowest BCUT2D eigenvalue weighted by Gasteiger charge is -2.30. The summed E-state index contributed by atoms with van der Waals surface area (Å²) in [4.78, 5) is 12.9. The van der Waals surface area contributed by atoms with E-state index in [1.807, 2.05) is 10.9 Å². The number of fused-ring (bicyclic) bond motifs is 1. The van der Waals surface area contributed by atoms with Crippen molar-refractivity contribution in [2.45, 2.75) is 71.2 Å². The molecule has 1 aromatic heterocycles. The number of hydrogen-bond acceptors (Lipinski definition) is 3. The molecule has 0 saturated heterocycles. The molecule has 0 spiro atoms. The summed E-state index contributed by atoms with van der Waals surface area (Å²) in [6.45, 7) is 7.72. The van der Waals surface area contributed by atoms with Crippen LogP contribution in [0, 0.1) is 11.8 Å². The molecule has 2 N–H and O–H groups in total. The van der Waals surface area contributed by atoms with Gasteiger partial charge in [0.05, 0.1) is 22.7 Å². The molecule has 0 atom stereocenters. The number of rotatable bonds is 5. The van der Waals surface area contributed by atoms with E-state index in [9.17, 15) is 23.1 Å². The molecule has 1 saturated carbocycles. The summed E-state index contributed by atoms with van der Waals surface area (Å²) in [5, 5.41) is 19.0. The van der Waals surface area contributed by atoms with Gasteiger partial charge in [-0.05, 0) is 81.7 Å². The average molecular weight is 488 g/mol. The van der Waals surface area contributed by atoms with Crippen LogP contribution in [0.3, 0.4) is 0 Å². The van der Waals surface area contributed by atoms with Crippen LogP contribution in [0.1, 0.15) is 80.9 Å². The summed E-state index contributed by atoms with van der Waals surface area (Å²) >= 11 is 0. The third-order valence-corrected chi connectivity index (χ3v) is 7.08. The predicted molar refractivity (Wildman–Crippen MR) is 130 cm³/mol. The normalized spacial score (nSPS) is 19.3. The van der Waals surface area contributed by atoms with Crippen LogP contribution in [0.5, 0.6) is 0 Å². The third-order valence-electron chi connectivity index (χ3n) is 7.08. The van der Waals surface area contributed by atoms with Crippen molar-refractivity contribution in [3.8, 4) is 0 Å². The standard InChI is InChI=1S/C27H32F3N3O2/c1-16(2)17-8-10-21(11-9-17)33-15-19-13-24(22(26(3,4)35)14-23(19)32-33)31-25(34)18-6-5-7-20(12-18)27(28,29)30/h5-7,12-17,21,35H,8-11H2,1-4H3,(H,31,34). The van der Waals surface area contributed by atoms with E-state index in [-0.39, 0.29) is 5.56 Å². The van der Waals surface area contributed by atoms with Crippen molar-refractivity contribution in [2.75, 3.05) is 5.32 Å². The Morgan fingerprint density at radius 2 is 1.80 bits per heavy atom. The van der Waals surface area contributed by atoms with Gasteiger partial charge in [-0.25, -0.2) is 0 Å². The molecule has 1 aliphatic rings. The van der Waals surface area contributed by atoms with Crippen LogP contribution in [0.25, 0.3) is 10.9 Å². The van der Waals surface area contributed by atoms with Crippen LogP contribution in [0.2, 0.25) is 0 Å². The highest BCUT2D eigenvalue weighted by atomic mass is 19.4. The predicted octanol–water partition coefficient (Wildman–Crippen LogP) is 6.92. The number of carbonyl (C=O) groups is 1. The van der Waals surface area contributed by atoms with Gasteiger partial charge in [-0.2, -0.15) is 18.3 Å². The Bertz CT molecular complexity index is 1220. The van der Waals surface area contributed by atoms with Gasteiger partial charge < -0.3 is 10.4 Å². The fourth-order valence-corrected chi connectivity index (χ4v) is 4.95. The van der Waals surface area contributed by atoms with Gasteiger partial charge in [0.25, 0.3) is 5.91 Å². The molecule has 8 heteroatoms. The Morgan fingerprint density at radius 3 is 2.40 bits per heavy atom. The van der Waals surface area contributed by atoms with Crippen molar-refractivity contribution in [2.24, 2.45) is 11.8 Å². The van der Waals surface area contributed by atoms with Crippen LogP contribution in [-0.2, 0) is 11.8 Å². The molecule has 1 aliphatic carbocycles.